The molecule has 2 rings (SSSR count). The molecule has 1 aliphatic rings. The van der Waals surface area contributed by atoms with E-state index in [1.807, 2.05) is 13.0 Å². The van der Waals surface area contributed by atoms with E-state index >= 15 is 0 Å². The third-order valence-electron chi connectivity index (χ3n) is 4.30. The van der Waals surface area contributed by atoms with Gasteiger partial charge < -0.3 is 10.0 Å². The first-order chi connectivity index (χ1) is 10.1. The molecule has 0 radical (unpaired) electrons. The lowest BCUT2D eigenvalue weighted by Crippen LogP contribution is -2.36. The van der Waals surface area contributed by atoms with Gasteiger partial charge in [0.1, 0.15) is 0 Å². The van der Waals surface area contributed by atoms with Crippen LogP contribution in [0.3, 0.4) is 0 Å². The summed E-state index contributed by atoms with van der Waals surface area (Å²) in [6.07, 6.45) is 2.70. The van der Waals surface area contributed by atoms with Crippen LogP contribution in [0.2, 0.25) is 0 Å². The second-order valence-electron chi connectivity index (χ2n) is 5.77. The fraction of sp³-hybridized carbons (Fsp3) is 0.529. The molecule has 0 aromatic heterocycles. The summed E-state index contributed by atoms with van der Waals surface area (Å²) in [7, 11) is 0. The van der Waals surface area contributed by atoms with Gasteiger partial charge in [0.05, 0.1) is 6.42 Å². The lowest BCUT2D eigenvalue weighted by atomic mass is 9.70. The highest BCUT2D eigenvalue weighted by atomic mass is 16.4. The second-order valence-corrected chi connectivity index (χ2v) is 5.77. The fourth-order valence-electron chi connectivity index (χ4n) is 2.97. The summed E-state index contributed by atoms with van der Waals surface area (Å²) >= 11 is 0. The highest BCUT2D eigenvalue weighted by Gasteiger charge is 2.32. The third kappa shape index (κ3) is 4.31. The molecule has 1 aromatic carbocycles. The van der Waals surface area contributed by atoms with Crippen molar-refractivity contribution in [1.29, 1.82) is 0 Å². The normalized spacial score (nSPS) is 20.6. The van der Waals surface area contributed by atoms with Gasteiger partial charge in [0.25, 0.3) is 0 Å². The van der Waals surface area contributed by atoms with Crippen molar-refractivity contribution in [3.8, 4) is 0 Å². The zero-order chi connectivity index (χ0) is 15.2. The highest BCUT2D eigenvalue weighted by Crippen LogP contribution is 2.43. The maximum atomic E-state index is 12.2. The number of carbonyl (C=O) groups is 2. The topological polar surface area (TPSA) is 57.6 Å². The summed E-state index contributed by atoms with van der Waals surface area (Å²) in [6, 6.07) is 10.4. The minimum absolute atomic E-state index is 0.0247. The molecule has 0 unspecified atom stereocenters. The SMILES string of the molecule is CCN(CCC(=O)O)C(=O)CC1CC(c2ccccc2)C1. The Morgan fingerprint density at radius 2 is 1.90 bits per heavy atom. The average Bonchev–Trinajstić information content (AvgIpc) is 2.43. The summed E-state index contributed by atoms with van der Waals surface area (Å²) in [5.41, 5.74) is 1.36. The van der Waals surface area contributed by atoms with Crippen molar-refractivity contribution < 1.29 is 14.7 Å². The molecule has 1 fully saturated rings. The average molecular weight is 289 g/mol. The van der Waals surface area contributed by atoms with E-state index in [1.165, 1.54) is 5.56 Å². The molecule has 1 amide bonds. The second kappa shape index (κ2) is 7.25. The van der Waals surface area contributed by atoms with Crippen LogP contribution in [0.1, 0.15) is 44.1 Å². The van der Waals surface area contributed by atoms with Crippen molar-refractivity contribution in [3.05, 3.63) is 35.9 Å². The molecule has 0 heterocycles. The van der Waals surface area contributed by atoms with Crippen LogP contribution in [0.4, 0.5) is 0 Å². The van der Waals surface area contributed by atoms with E-state index in [0.717, 1.165) is 12.8 Å². The van der Waals surface area contributed by atoms with Crippen LogP contribution in [-0.4, -0.2) is 35.0 Å². The van der Waals surface area contributed by atoms with Gasteiger partial charge in [-0.3, -0.25) is 9.59 Å². The van der Waals surface area contributed by atoms with Gasteiger partial charge in [-0.25, -0.2) is 0 Å². The minimum atomic E-state index is -0.853. The van der Waals surface area contributed by atoms with E-state index in [2.05, 4.69) is 24.3 Å². The fourth-order valence-corrected chi connectivity index (χ4v) is 2.97. The molecule has 0 bridgehead atoms. The van der Waals surface area contributed by atoms with Gasteiger partial charge >= 0.3 is 5.97 Å². The molecule has 1 N–H and O–H groups in total. The molecule has 4 heteroatoms. The van der Waals surface area contributed by atoms with Crippen LogP contribution in [0.15, 0.2) is 30.3 Å². The first-order valence-electron chi connectivity index (χ1n) is 7.64. The Kier molecular flexibility index (Phi) is 5.37. The molecule has 1 aromatic rings. The van der Waals surface area contributed by atoms with Crippen molar-refractivity contribution in [2.24, 2.45) is 5.92 Å². The number of hydrogen-bond donors (Lipinski definition) is 1. The van der Waals surface area contributed by atoms with Gasteiger partial charge in [0.15, 0.2) is 0 Å². The molecule has 0 spiro atoms. The Morgan fingerprint density at radius 3 is 2.48 bits per heavy atom. The molecule has 0 saturated heterocycles. The Hall–Kier alpha value is -1.84. The van der Waals surface area contributed by atoms with Gasteiger partial charge in [0, 0.05) is 19.5 Å². The van der Waals surface area contributed by atoms with Crippen molar-refractivity contribution in [2.45, 2.75) is 38.5 Å². The van der Waals surface area contributed by atoms with Gasteiger partial charge in [-0.2, -0.15) is 0 Å². The van der Waals surface area contributed by atoms with Gasteiger partial charge in [-0.1, -0.05) is 30.3 Å². The number of hydrogen-bond acceptors (Lipinski definition) is 2. The van der Waals surface area contributed by atoms with E-state index in [0.29, 0.717) is 31.3 Å². The van der Waals surface area contributed by atoms with E-state index < -0.39 is 5.97 Å². The Bertz CT molecular complexity index is 480. The maximum Gasteiger partial charge on any atom is 0.305 e. The number of carboxylic acid groups (broad SMARTS) is 1. The molecular formula is C17H23NO3. The third-order valence-corrected chi connectivity index (χ3v) is 4.30. The summed E-state index contributed by atoms with van der Waals surface area (Å²) in [5, 5.41) is 8.70. The molecule has 4 nitrogen and oxygen atoms in total. The minimum Gasteiger partial charge on any atom is -0.481 e. The van der Waals surface area contributed by atoms with Gasteiger partial charge in [-0.15, -0.1) is 0 Å². The predicted octanol–water partition coefficient (Wildman–Crippen LogP) is 2.89. The van der Waals surface area contributed by atoms with Crippen molar-refractivity contribution in [1.82, 2.24) is 4.90 Å². The molecular weight excluding hydrogens is 266 g/mol. The zero-order valence-corrected chi connectivity index (χ0v) is 12.5. The van der Waals surface area contributed by atoms with Crippen LogP contribution >= 0.6 is 0 Å². The van der Waals surface area contributed by atoms with Crippen LogP contribution in [-0.2, 0) is 9.59 Å². The standard InChI is InChI=1S/C17H23NO3/c1-2-18(9-8-17(20)21)16(19)12-13-10-15(11-13)14-6-4-3-5-7-14/h3-7,13,15H,2,8-12H2,1H3,(H,20,21). The number of carbonyl (C=O) groups excluding carboxylic acids is 1. The number of carboxylic acids is 1. The molecule has 21 heavy (non-hydrogen) atoms. The number of amides is 1. The quantitative estimate of drug-likeness (QED) is 0.839. The lowest BCUT2D eigenvalue weighted by molar-refractivity contribution is -0.138. The molecule has 1 aliphatic carbocycles. The van der Waals surface area contributed by atoms with E-state index in [4.69, 9.17) is 5.11 Å². The van der Waals surface area contributed by atoms with Crippen LogP contribution in [0, 0.1) is 5.92 Å². The predicted molar refractivity (Wildman–Crippen MR) is 81.0 cm³/mol. The van der Waals surface area contributed by atoms with E-state index in [1.54, 1.807) is 4.90 Å². The highest BCUT2D eigenvalue weighted by molar-refractivity contribution is 5.77. The largest absolute Gasteiger partial charge is 0.481 e. The van der Waals surface area contributed by atoms with Crippen LogP contribution in [0.5, 0.6) is 0 Å². The maximum absolute atomic E-state index is 12.2. The molecule has 0 atom stereocenters. The Labute approximate surface area is 125 Å². The number of nitrogens with zero attached hydrogens (tertiary/aromatic N) is 1. The Balaban J connectivity index is 1.75. The molecule has 0 aliphatic heterocycles. The van der Waals surface area contributed by atoms with Crippen LogP contribution in [0.25, 0.3) is 0 Å². The molecule has 114 valence electrons. The van der Waals surface area contributed by atoms with Gasteiger partial charge in [0.2, 0.25) is 5.91 Å². The van der Waals surface area contributed by atoms with Gasteiger partial charge in [-0.05, 0) is 37.2 Å². The summed E-state index contributed by atoms with van der Waals surface area (Å²) < 4.78 is 0. The molecule has 1 saturated carbocycles. The first kappa shape index (κ1) is 15.5. The van der Waals surface area contributed by atoms with Crippen LogP contribution < -0.4 is 0 Å². The van der Waals surface area contributed by atoms with E-state index in [-0.39, 0.29) is 12.3 Å². The monoisotopic (exact) mass is 289 g/mol. The number of benzene rings is 1. The number of aliphatic carboxylic acids is 1. The van der Waals surface area contributed by atoms with Crippen molar-refractivity contribution in [3.63, 3.8) is 0 Å². The first-order valence-corrected chi connectivity index (χ1v) is 7.64. The number of rotatable bonds is 7. The lowest BCUT2D eigenvalue weighted by Gasteiger charge is -2.36. The summed E-state index contributed by atoms with van der Waals surface area (Å²) in [4.78, 5) is 24.4. The van der Waals surface area contributed by atoms with Crippen molar-refractivity contribution >= 4 is 11.9 Å². The smallest absolute Gasteiger partial charge is 0.305 e. The zero-order valence-electron chi connectivity index (χ0n) is 12.5. The summed E-state index contributed by atoms with van der Waals surface area (Å²) in [6.45, 7) is 2.80. The van der Waals surface area contributed by atoms with Crippen molar-refractivity contribution in [2.75, 3.05) is 13.1 Å². The van der Waals surface area contributed by atoms with E-state index in [9.17, 15) is 9.59 Å². The summed E-state index contributed by atoms with van der Waals surface area (Å²) in [5.74, 6) is 0.268. The Morgan fingerprint density at radius 1 is 1.24 bits per heavy atom.